The van der Waals surface area contributed by atoms with Crippen LogP contribution in [0.5, 0.6) is 0 Å². The van der Waals surface area contributed by atoms with Crippen molar-refractivity contribution in [3.63, 3.8) is 0 Å². The molecule has 0 spiro atoms. The molecule has 0 heterocycles. The predicted octanol–water partition coefficient (Wildman–Crippen LogP) is -2.09. The molecule has 0 amide bonds. The number of rotatable bonds is 4. The summed E-state index contributed by atoms with van der Waals surface area (Å²) in [6.45, 7) is 1.42. The van der Waals surface area contributed by atoms with Gasteiger partial charge in [0, 0.05) is 13.1 Å². The van der Waals surface area contributed by atoms with Crippen LogP contribution in [-0.2, 0) is 0 Å². The van der Waals surface area contributed by atoms with Crippen LogP contribution in [0, 0.1) is 0 Å². The Morgan fingerprint density at radius 2 is 1.38 bits per heavy atom. The molecule has 3 nitrogen and oxygen atoms in total. The number of aliphatic hydroxyl groups is 2. The Morgan fingerprint density at radius 1 is 1.00 bits per heavy atom. The second-order valence-corrected chi connectivity index (χ2v) is 1.20. The van der Waals surface area contributed by atoms with Gasteiger partial charge in [-0.05, 0) is 0 Å². The number of hydrogen-bond acceptors (Lipinski definition) is 3. The van der Waals surface area contributed by atoms with Gasteiger partial charge in [0.15, 0.2) is 0 Å². The van der Waals surface area contributed by atoms with Gasteiger partial charge in [-0.15, -0.1) is 0 Å². The van der Waals surface area contributed by atoms with Crippen LogP contribution in [0.2, 0.25) is 0 Å². The van der Waals surface area contributed by atoms with Crippen LogP contribution in [0.25, 0.3) is 0 Å². The summed E-state index contributed by atoms with van der Waals surface area (Å²) in [7, 11) is 0. The maximum atomic E-state index is 8.15. The van der Waals surface area contributed by atoms with E-state index in [1.807, 2.05) is 0 Å². The van der Waals surface area contributed by atoms with E-state index in [-0.39, 0.29) is 64.6 Å². The van der Waals surface area contributed by atoms with Crippen LogP contribution in [-0.4, -0.2) is 87.9 Å². The van der Waals surface area contributed by atoms with Crippen LogP contribution in [0.3, 0.4) is 0 Å². The summed E-state index contributed by atoms with van der Waals surface area (Å²) in [6, 6.07) is 0. The van der Waals surface area contributed by atoms with E-state index in [9.17, 15) is 0 Å². The first-order valence-electron chi connectivity index (χ1n) is 2.34. The third-order valence-electron chi connectivity index (χ3n) is 0.577. The molecule has 0 saturated heterocycles. The quantitative estimate of drug-likeness (QED) is 0.314. The second kappa shape index (κ2) is 11.3. The van der Waals surface area contributed by atoms with E-state index in [2.05, 4.69) is 5.32 Å². The first-order valence-corrected chi connectivity index (χ1v) is 2.34. The fourth-order valence-electron chi connectivity index (χ4n) is 0.283. The fraction of sp³-hybridized carbons (Fsp3) is 1.00. The van der Waals surface area contributed by atoms with Crippen molar-refractivity contribution >= 4 is 51.4 Å². The Kier molecular flexibility index (Phi) is 17.3. The maximum absolute atomic E-state index is 8.15. The molecule has 0 unspecified atom stereocenters. The van der Waals surface area contributed by atoms with Crippen molar-refractivity contribution in [1.82, 2.24) is 5.32 Å². The molecule has 0 atom stereocenters. The average Bonchev–Trinajstić information content (AvgIpc) is 1.69. The van der Waals surface area contributed by atoms with Crippen molar-refractivity contribution < 1.29 is 10.2 Å². The number of aliphatic hydroxyl groups excluding tert-OH is 2. The summed E-state index contributed by atoms with van der Waals surface area (Å²) in [5, 5.41) is 19.1. The molecule has 0 aliphatic carbocycles. The summed E-state index contributed by atoms with van der Waals surface area (Å²) in [5.74, 6) is 0. The minimum absolute atomic E-state index is 0. The summed E-state index contributed by atoms with van der Waals surface area (Å²) in [6.07, 6.45) is 0. The zero-order chi connectivity index (χ0) is 5.54. The summed E-state index contributed by atoms with van der Waals surface area (Å²) in [5.41, 5.74) is 0. The van der Waals surface area contributed by atoms with E-state index >= 15 is 0 Å². The summed E-state index contributed by atoms with van der Waals surface area (Å²) >= 11 is 0. The zero-order valence-electron chi connectivity index (χ0n) is 4.22. The molecule has 3 N–H and O–H groups in total. The van der Waals surface area contributed by atoms with Gasteiger partial charge in [0.25, 0.3) is 0 Å². The minimum atomic E-state index is 0. The number of nitrogens with one attached hydrogen (secondary N) is 1. The van der Waals surface area contributed by atoms with Crippen molar-refractivity contribution in [3.8, 4) is 0 Å². The van der Waals surface area contributed by atoms with Gasteiger partial charge in [-0.1, -0.05) is 0 Å². The molecule has 4 heteroatoms. The van der Waals surface area contributed by atoms with Crippen LogP contribution in [0.1, 0.15) is 0 Å². The topological polar surface area (TPSA) is 52.5 Å². The molecule has 0 aliphatic heterocycles. The standard InChI is InChI=1S/C4H11NO2.K.H/c6-3-1-5-2-4-7;;/h5-7H,1-4H2;;. The Labute approximate surface area is 91.9 Å². The Morgan fingerprint density at radius 3 is 1.62 bits per heavy atom. The molecule has 0 rings (SSSR count). The molecule has 0 bridgehead atoms. The van der Waals surface area contributed by atoms with E-state index in [1.165, 1.54) is 0 Å². The van der Waals surface area contributed by atoms with E-state index in [4.69, 9.17) is 10.2 Å². The molecule has 0 aromatic rings. The molecule has 0 aliphatic rings. The third-order valence-corrected chi connectivity index (χ3v) is 0.577. The SMILES string of the molecule is OCCNCCO.[KH]. The van der Waals surface area contributed by atoms with Gasteiger partial charge < -0.3 is 15.5 Å². The van der Waals surface area contributed by atoms with E-state index < -0.39 is 0 Å². The predicted molar refractivity (Wildman–Crippen MR) is 34.2 cm³/mol. The molecule has 0 radical (unpaired) electrons. The van der Waals surface area contributed by atoms with Gasteiger partial charge in [-0.2, -0.15) is 0 Å². The van der Waals surface area contributed by atoms with Crippen molar-refractivity contribution in [2.45, 2.75) is 0 Å². The van der Waals surface area contributed by atoms with Crippen molar-refractivity contribution in [2.75, 3.05) is 26.3 Å². The van der Waals surface area contributed by atoms with Crippen molar-refractivity contribution in [2.24, 2.45) is 0 Å². The average molecular weight is 145 g/mol. The van der Waals surface area contributed by atoms with Gasteiger partial charge in [0.1, 0.15) is 0 Å². The van der Waals surface area contributed by atoms with Crippen LogP contribution < -0.4 is 5.32 Å². The van der Waals surface area contributed by atoms with Crippen molar-refractivity contribution in [3.05, 3.63) is 0 Å². The molecule has 0 saturated carbocycles. The van der Waals surface area contributed by atoms with Gasteiger partial charge in [-0.25, -0.2) is 0 Å². The Balaban J connectivity index is 0. The van der Waals surface area contributed by atoms with Crippen LogP contribution >= 0.6 is 0 Å². The van der Waals surface area contributed by atoms with Crippen LogP contribution in [0.4, 0.5) is 0 Å². The first-order chi connectivity index (χ1) is 3.41. The van der Waals surface area contributed by atoms with Gasteiger partial charge in [-0.3, -0.25) is 0 Å². The van der Waals surface area contributed by atoms with Crippen LogP contribution in [0.15, 0.2) is 0 Å². The van der Waals surface area contributed by atoms with E-state index in [0.29, 0.717) is 13.1 Å². The normalized spacial score (nSPS) is 8.25. The summed E-state index contributed by atoms with van der Waals surface area (Å²) in [4.78, 5) is 0. The second-order valence-electron chi connectivity index (χ2n) is 1.20. The van der Waals surface area contributed by atoms with Crippen molar-refractivity contribution in [1.29, 1.82) is 0 Å². The monoisotopic (exact) mass is 145 g/mol. The third kappa shape index (κ3) is 10.5. The molecule has 0 aromatic carbocycles. The van der Waals surface area contributed by atoms with Gasteiger partial charge >= 0.3 is 51.4 Å². The molecule has 46 valence electrons. The summed E-state index contributed by atoms with van der Waals surface area (Å²) < 4.78 is 0. The molecular formula is C4H12KNO2. The van der Waals surface area contributed by atoms with E-state index in [1.54, 1.807) is 0 Å². The fourth-order valence-corrected chi connectivity index (χ4v) is 0.283. The Hall–Kier alpha value is 1.52. The van der Waals surface area contributed by atoms with Gasteiger partial charge in [0.05, 0.1) is 13.2 Å². The zero-order valence-corrected chi connectivity index (χ0v) is 4.22. The number of hydrogen-bond donors (Lipinski definition) is 3. The first kappa shape index (κ1) is 12.2. The molecule has 0 aromatic heterocycles. The molecule has 8 heavy (non-hydrogen) atoms. The van der Waals surface area contributed by atoms with Gasteiger partial charge in [0.2, 0.25) is 0 Å². The Bertz CT molecular complexity index is 33.2. The molecular weight excluding hydrogens is 133 g/mol. The van der Waals surface area contributed by atoms with E-state index in [0.717, 1.165) is 0 Å². The molecule has 0 fully saturated rings.